The molecule has 32 heavy (non-hydrogen) atoms. The molecule has 2 amide bonds. The van der Waals surface area contributed by atoms with Gasteiger partial charge >= 0.3 is 5.97 Å². The lowest BCUT2D eigenvalue weighted by Gasteiger charge is -2.18. The second kappa shape index (κ2) is 10.4. The van der Waals surface area contributed by atoms with Gasteiger partial charge in [0.25, 0.3) is 11.8 Å². The van der Waals surface area contributed by atoms with Crippen LogP contribution >= 0.6 is 0 Å². The molecule has 0 saturated heterocycles. The third-order valence-corrected chi connectivity index (χ3v) is 7.87. The molecule has 2 saturated carbocycles. The molecular weight excluding hydrogens is 434 g/mol. The highest BCUT2D eigenvalue weighted by molar-refractivity contribution is 7.89. The van der Waals surface area contributed by atoms with Gasteiger partial charge in [0.05, 0.1) is 4.90 Å². The third kappa shape index (κ3) is 6.29. The maximum Gasteiger partial charge on any atom is 0.325 e. The lowest BCUT2D eigenvalue weighted by atomic mass is 10.1. The molecule has 0 aromatic heterocycles. The van der Waals surface area contributed by atoms with Crippen molar-refractivity contribution in [3.8, 4) is 0 Å². The Labute approximate surface area is 188 Å². The zero-order valence-electron chi connectivity index (χ0n) is 18.5. The molecule has 1 aromatic rings. The summed E-state index contributed by atoms with van der Waals surface area (Å²) in [7, 11) is -3.61. The van der Waals surface area contributed by atoms with E-state index in [1.54, 1.807) is 13.8 Å². The van der Waals surface area contributed by atoms with E-state index < -0.39 is 21.9 Å². The number of esters is 1. The van der Waals surface area contributed by atoms with Gasteiger partial charge in [0.15, 0.2) is 6.61 Å². The predicted molar refractivity (Wildman–Crippen MR) is 117 cm³/mol. The quantitative estimate of drug-likeness (QED) is 0.449. The van der Waals surface area contributed by atoms with E-state index in [0.717, 1.165) is 25.7 Å². The fraction of sp³-hybridized carbons (Fsp3) is 0.591. The van der Waals surface area contributed by atoms with E-state index >= 15 is 0 Å². The minimum atomic E-state index is -3.61. The fourth-order valence-corrected chi connectivity index (χ4v) is 5.16. The van der Waals surface area contributed by atoms with Gasteiger partial charge in [0, 0.05) is 24.7 Å². The van der Waals surface area contributed by atoms with Crippen LogP contribution in [0, 0.1) is 11.8 Å². The number of rotatable bonds is 12. The van der Waals surface area contributed by atoms with Gasteiger partial charge in [-0.05, 0) is 61.8 Å². The highest BCUT2D eigenvalue weighted by Crippen LogP contribution is 2.44. The number of ether oxygens (including phenoxy) is 1. The first-order chi connectivity index (χ1) is 15.3. The molecule has 0 unspecified atom stereocenters. The van der Waals surface area contributed by atoms with Crippen molar-refractivity contribution in [2.24, 2.45) is 11.8 Å². The number of hydrogen-bond donors (Lipinski definition) is 2. The van der Waals surface area contributed by atoms with Gasteiger partial charge in [-0.25, -0.2) is 8.42 Å². The summed E-state index contributed by atoms with van der Waals surface area (Å²) in [6.45, 7) is 3.45. The van der Waals surface area contributed by atoms with Crippen LogP contribution in [-0.4, -0.2) is 62.8 Å². The number of carbonyl (C=O) groups is 3. The first kappa shape index (κ1) is 24.2. The van der Waals surface area contributed by atoms with Crippen molar-refractivity contribution in [1.82, 2.24) is 14.9 Å². The van der Waals surface area contributed by atoms with Crippen LogP contribution in [0.25, 0.3) is 0 Å². The highest BCUT2D eigenvalue weighted by atomic mass is 32.2. The zero-order valence-corrected chi connectivity index (χ0v) is 19.3. The molecule has 10 heteroatoms. The van der Waals surface area contributed by atoms with Gasteiger partial charge in [-0.1, -0.05) is 13.8 Å². The van der Waals surface area contributed by atoms with Crippen molar-refractivity contribution in [3.63, 3.8) is 0 Å². The lowest BCUT2D eigenvalue weighted by Crippen LogP contribution is -2.41. The normalized spacial score (nSPS) is 16.1. The Morgan fingerprint density at radius 1 is 1.03 bits per heavy atom. The summed E-state index contributed by atoms with van der Waals surface area (Å²) < 4.78 is 31.3. The topological polar surface area (TPSA) is 122 Å². The van der Waals surface area contributed by atoms with Crippen LogP contribution in [-0.2, 0) is 24.3 Å². The van der Waals surface area contributed by atoms with Gasteiger partial charge < -0.3 is 15.4 Å². The average molecular weight is 466 g/mol. The Hall–Kier alpha value is -2.46. The summed E-state index contributed by atoms with van der Waals surface area (Å²) in [4.78, 5) is 36.3. The van der Waals surface area contributed by atoms with E-state index in [2.05, 4.69) is 10.6 Å². The van der Waals surface area contributed by atoms with Crippen LogP contribution < -0.4 is 10.6 Å². The summed E-state index contributed by atoms with van der Waals surface area (Å²) in [5, 5.41) is 5.38. The van der Waals surface area contributed by atoms with Crippen molar-refractivity contribution in [2.45, 2.75) is 50.5 Å². The summed E-state index contributed by atoms with van der Waals surface area (Å²) in [6, 6.07) is 5.69. The fourth-order valence-electron chi connectivity index (χ4n) is 3.70. The minimum absolute atomic E-state index is 0.0962. The van der Waals surface area contributed by atoms with Crippen LogP contribution in [0.5, 0.6) is 0 Å². The van der Waals surface area contributed by atoms with Crippen molar-refractivity contribution >= 4 is 27.8 Å². The lowest BCUT2D eigenvalue weighted by molar-refractivity contribution is -0.147. The zero-order chi connectivity index (χ0) is 23.3. The summed E-state index contributed by atoms with van der Waals surface area (Å²) in [5.74, 6) is -0.479. The monoisotopic (exact) mass is 465 g/mol. The van der Waals surface area contributed by atoms with Gasteiger partial charge in [-0.15, -0.1) is 0 Å². The summed E-state index contributed by atoms with van der Waals surface area (Å²) in [6.07, 6.45) is 4.54. The molecule has 176 valence electrons. The Balaban J connectivity index is 1.42. The van der Waals surface area contributed by atoms with Crippen molar-refractivity contribution in [1.29, 1.82) is 0 Å². The molecule has 0 bridgehead atoms. The second-order valence-electron chi connectivity index (χ2n) is 8.23. The van der Waals surface area contributed by atoms with Crippen molar-refractivity contribution in [2.75, 3.05) is 26.2 Å². The van der Waals surface area contributed by atoms with Gasteiger partial charge in [-0.3, -0.25) is 14.4 Å². The molecule has 9 nitrogen and oxygen atoms in total. The number of amides is 2. The number of carbonyl (C=O) groups excluding carboxylic acids is 3. The average Bonchev–Trinajstić information content (AvgIpc) is 3.69. The predicted octanol–water partition coefficient (Wildman–Crippen LogP) is 1.29. The standard InChI is InChI=1S/C22H31N3O6S/c1-3-25(4-2)32(29,30)18-11-9-17(10-12-18)22(28)23-13-20(27)31-14-19(26)24-21(15-5-6-15)16-7-8-16/h9-12,15-16,21H,3-8,13-14H2,1-2H3,(H,23,28)(H,24,26). The van der Waals surface area contributed by atoms with E-state index in [4.69, 9.17) is 4.74 Å². The molecule has 2 aliphatic carbocycles. The SMILES string of the molecule is CCN(CC)S(=O)(=O)c1ccc(C(=O)NCC(=O)OCC(=O)NC(C2CC2)C2CC2)cc1. The smallest absolute Gasteiger partial charge is 0.325 e. The van der Waals surface area contributed by atoms with E-state index in [9.17, 15) is 22.8 Å². The molecule has 1 aromatic carbocycles. The number of nitrogens with zero attached hydrogens (tertiary/aromatic N) is 1. The van der Waals surface area contributed by atoms with Crippen LogP contribution in [0.1, 0.15) is 49.9 Å². The minimum Gasteiger partial charge on any atom is -0.454 e. The largest absolute Gasteiger partial charge is 0.454 e. The van der Waals surface area contributed by atoms with Gasteiger partial charge in [0.1, 0.15) is 6.54 Å². The second-order valence-corrected chi connectivity index (χ2v) is 10.2. The van der Waals surface area contributed by atoms with E-state index in [-0.39, 0.29) is 35.6 Å². The van der Waals surface area contributed by atoms with Crippen LogP contribution in [0.2, 0.25) is 0 Å². The first-order valence-electron chi connectivity index (χ1n) is 11.1. The van der Waals surface area contributed by atoms with Crippen LogP contribution in [0.4, 0.5) is 0 Å². The Kier molecular flexibility index (Phi) is 7.89. The van der Waals surface area contributed by atoms with Crippen molar-refractivity contribution < 1.29 is 27.5 Å². The molecule has 0 atom stereocenters. The molecule has 0 radical (unpaired) electrons. The Bertz CT molecular complexity index is 923. The number of sulfonamides is 1. The van der Waals surface area contributed by atoms with Crippen molar-refractivity contribution in [3.05, 3.63) is 29.8 Å². The Morgan fingerprint density at radius 3 is 2.09 bits per heavy atom. The number of benzene rings is 1. The summed E-state index contributed by atoms with van der Waals surface area (Å²) >= 11 is 0. The number of hydrogen-bond acceptors (Lipinski definition) is 6. The molecule has 2 N–H and O–H groups in total. The van der Waals surface area contributed by atoms with Crippen LogP contribution in [0.15, 0.2) is 29.2 Å². The van der Waals surface area contributed by atoms with E-state index in [1.165, 1.54) is 28.6 Å². The Morgan fingerprint density at radius 2 is 1.59 bits per heavy atom. The molecule has 0 spiro atoms. The maximum atomic E-state index is 12.5. The highest BCUT2D eigenvalue weighted by Gasteiger charge is 2.42. The molecule has 3 rings (SSSR count). The maximum absolute atomic E-state index is 12.5. The van der Waals surface area contributed by atoms with E-state index in [1.807, 2.05) is 0 Å². The van der Waals surface area contributed by atoms with E-state index in [0.29, 0.717) is 24.9 Å². The van der Waals surface area contributed by atoms with Crippen LogP contribution in [0.3, 0.4) is 0 Å². The number of nitrogens with one attached hydrogen (secondary N) is 2. The molecule has 2 aliphatic rings. The van der Waals surface area contributed by atoms with Gasteiger partial charge in [0.2, 0.25) is 10.0 Å². The first-order valence-corrected chi connectivity index (χ1v) is 12.5. The molecule has 2 fully saturated rings. The molecule has 0 heterocycles. The summed E-state index contributed by atoms with van der Waals surface area (Å²) in [5.41, 5.74) is 0.214. The molecule has 0 aliphatic heterocycles. The van der Waals surface area contributed by atoms with Gasteiger partial charge in [-0.2, -0.15) is 4.31 Å². The third-order valence-electron chi connectivity index (χ3n) is 5.80. The molecular formula is C22H31N3O6S.